The van der Waals surface area contributed by atoms with Gasteiger partial charge in [-0.1, -0.05) is 56.3 Å². The number of anilines is 1. The number of carbonyl (C=O) groups is 1. The Morgan fingerprint density at radius 1 is 0.906 bits per heavy atom. The Morgan fingerprint density at radius 3 is 2.41 bits per heavy atom. The monoisotopic (exact) mass is 426 g/mol. The molecule has 0 radical (unpaired) electrons. The first kappa shape index (κ1) is 21.5. The number of benzene rings is 3. The van der Waals surface area contributed by atoms with Crippen LogP contribution in [0.5, 0.6) is 0 Å². The minimum atomic E-state index is -0.426. The van der Waals surface area contributed by atoms with E-state index in [4.69, 9.17) is 4.42 Å². The van der Waals surface area contributed by atoms with E-state index in [1.165, 1.54) is 5.56 Å². The normalized spacial score (nSPS) is 11.1. The molecule has 5 heteroatoms. The lowest BCUT2D eigenvalue weighted by Gasteiger charge is -2.18. The zero-order valence-electron chi connectivity index (χ0n) is 18.3. The molecule has 0 aliphatic heterocycles. The van der Waals surface area contributed by atoms with Gasteiger partial charge in [0.05, 0.1) is 5.56 Å². The highest BCUT2D eigenvalue weighted by atomic mass is 16.4. The van der Waals surface area contributed by atoms with Crippen LogP contribution < -0.4 is 10.9 Å². The van der Waals surface area contributed by atoms with Gasteiger partial charge in [0.2, 0.25) is 0 Å². The number of hydrogen-bond donors (Lipinski definition) is 1. The highest BCUT2D eigenvalue weighted by molar-refractivity contribution is 6.05. The Labute approximate surface area is 187 Å². The van der Waals surface area contributed by atoms with Crippen molar-refractivity contribution in [2.75, 3.05) is 18.4 Å². The summed E-state index contributed by atoms with van der Waals surface area (Å²) in [5.41, 5.74) is 3.60. The third kappa shape index (κ3) is 4.79. The second-order valence-corrected chi connectivity index (χ2v) is 7.68. The lowest BCUT2D eigenvalue weighted by atomic mass is 10.0. The number of fused-ring (bicyclic) bond motifs is 1. The van der Waals surface area contributed by atoms with E-state index < -0.39 is 5.63 Å². The minimum absolute atomic E-state index is 0.228. The van der Waals surface area contributed by atoms with Crippen LogP contribution in [0, 0.1) is 0 Å². The van der Waals surface area contributed by atoms with Crippen LogP contribution >= 0.6 is 0 Å². The van der Waals surface area contributed by atoms with Gasteiger partial charge >= 0.3 is 5.63 Å². The Kier molecular flexibility index (Phi) is 6.47. The van der Waals surface area contributed by atoms with Crippen molar-refractivity contribution in [2.45, 2.75) is 20.4 Å². The van der Waals surface area contributed by atoms with Gasteiger partial charge in [0.15, 0.2) is 0 Å². The number of nitrogens with one attached hydrogen (secondary N) is 1. The second-order valence-electron chi connectivity index (χ2n) is 7.68. The summed E-state index contributed by atoms with van der Waals surface area (Å²) in [6.45, 7) is 7.18. The molecule has 0 atom stereocenters. The van der Waals surface area contributed by atoms with Crippen LogP contribution in [0.15, 0.2) is 88.1 Å². The molecule has 0 bridgehead atoms. The third-order valence-electron chi connectivity index (χ3n) is 5.59. The third-order valence-corrected chi connectivity index (χ3v) is 5.59. The van der Waals surface area contributed by atoms with E-state index >= 15 is 0 Å². The van der Waals surface area contributed by atoms with Gasteiger partial charge in [0.25, 0.3) is 5.91 Å². The largest absolute Gasteiger partial charge is 0.422 e. The van der Waals surface area contributed by atoms with E-state index in [2.05, 4.69) is 24.1 Å². The number of carbonyl (C=O) groups excluding carboxylic acids is 1. The summed E-state index contributed by atoms with van der Waals surface area (Å²) in [6, 6.07) is 24.1. The van der Waals surface area contributed by atoms with Crippen LogP contribution in [0.3, 0.4) is 0 Å². The summed E-state index contributed by atoms with van der Waals surface area (Å²) in [7, 11) is 0. The highest BCUT2D eigenvalue weighted by Crippen LogP contribution is 2.22. The zero-order valence-corrected chi connectivity index (χ0v) is 18.3. The lowest BCUT2D eigenvalue weighted by molar-refractivity contribution is 0.102. The first-order chi connectivity index (χ1) is 15.6. The van der Waals surface area contributed by atoms with Crippen molar-refractivity contribution in [3.05, 3.63) is 100 Å². The molecule has 0 fully saturated rings. The van der Waals surface area contributed by atoms with E-state index in [0.717, 1.165) is 30.7 Å². The Bertz CT molecular complexity index is 1290. The molecule has 4 rings (SSSR count). The summed E-state index contributed by atoms with van der Waals surface area (Å²) in [5, 5.41) is 3.77. The second kappa shape index (κ2) is 9.62. The molecule has 0 unspecified atom stereocenters. The first-order valence-corrected chi connectivity index (χ1v) is 10.8. The molecule has 0 aliphatic rings. The van der Waals surface area contributed by atoms with Gasteiger partial charge in [0.1, 0.15) is 5.58 Å². The van der Waals surface area contributed by atoms with Crippen molar-refractivity contribution in [2.24, 2.45) is 0 Å². The van der Waals surface area contributed by atoms with Crippen molar-refractivity contribution >= 4 is 22.6 Å². The molecular weight excluding hydrogens is 400 g/mol. The Hall–Kier alpha value is -3.70. The molecule has 162 valence electrons. The van der Waals surface area contributed by atoms with Gasteiger partial charge in [-0.15, -0.1) is 0 Å². The Morgan fingerprint density at radius 2 is 1.66 bits per heavy atom. The highest BCUT2D eigenvalue weighted by Gasteiger charge is 2.12. The fourth-order valence-corrected chi connectivity index (χ4v) is 3.69. The average Bonchev–Trinajstić information content (AvgIpc) is 2.83. The standard InChI is InChI=1S/C27H26N2O3/c1-3-29(4-2)18-19-12-14-23(15-13-19)28-26(30)22-10-7-9-20(16-22)24-17-21-8-5-6-11-25(21)32-27(24)31/h5-17H,3-4,18H2,1-2H3,(H,28,30). The van der Waals surface area contributed by atoms with Crippen molar-refractivity contribution in [3.63, 3.8) is 0 Å². The topological polar surface area (TPSA) is 62.6 Å². The van der Waals surface area contributed by atoms with E-state index in [-0.39, 0.29) is 5.91 Å². The molecule has 1 N–H and O–H groups in total. The molecule has 0 aliphatic carbocycles. The van der Waals surface area contributed by atoms with Gasteiger partial charge in [-0.05, 0) is 60.6 Å². The minimum Gasteiger partial charge on any atom is -0.422 e. The van der Waals surface area contributed by atoms with Crippen LogP contribution in [0.25, 0.3) is 22.1 Å². The molecule has 32 heavy (non-hydrogen) atoms. The summed E-state index contributed by atoms with van der Waals surface area (Å²) in [4.78, 5) is 27.7. The molecule has 3 aromatic carbocycles. The summed E-state index contributed by atoms with van der Waals surface area (Å²) >= 11 is 0. The molecule has 0 saturated heterocycles. The molecule has 1 heterocycles. The predicted octanol–water partition coefficient (Wildman–Crippen LogP) is 5.55. The van der Waals surface area contributed by atoms with Crippen LogP contribution in [0.4, 0.5) is 5.69 Å². The maximum atomic E-state index is 12.8. The zero-order chi connectivity index (χ0) is 22.5. The fourth-order valence-electron chi connectivity index (χ4n) is 3.69. The molecule has 5 nitrogen and oxygen atoms in total. The maximum absolute atomic E-state index is 12.8. The summed E-state index contributed by atoms with van der Waals surface area (Å²) in [5.74, 6) is -0.228. The fraction of sp³-hybridized carbons (Fsp3) is 0.185. The van der Waals surface area contributed by atoms with E-state index in [1.54, 1.807) is 36.4 Å². The number of amides is 1. The lowest BCUT2D eigenvalue weighted by Crippen LogP contribution is -2.22. The number of nitrogens with zero attached hydrogens (tertiary/aromatic N) is 1. The number of para-hydroxylation sites is 1. The molecule has 1 amide bonds. The van der Waals surface area contributed by atoms with E-state index in [9.17, 15) is 9.59 Å². The molecule has 0 saturated carbocycles. The average molecular weight is 427 g/mol. The van der Waals surface area contributed by atoms with Gasteiger partial charge in [0, 0.05) is 23.2 Å². The van der Waals surface area contributed by atoms with Crippen LogP contribution in [-0.2, 0) is 6.54 Å². The Balaban J connectivity index is 1.53. The molecular formula is C27H26N2O3. The SMILES string of the molecule is CCN(CC)Cc1ccc(NC(=O)c2cccc(-c3cc4ccccc4oc3=O)c2)cc1. The number of hydrogen-bond acceptors (Lipinski definition) is 4. The van der Waals surface area contributed by atoms with Crippen molar-refractivity contribution < 1.29 is 9.21 Å². The summed E-state index contributed by atoms with van der Waals surface area (Å²) < 4.78 is 5.44. The van der Waals surface area contributed by atoms with Gasteiger partial charge in [-0.25, -0.2) is 4.79 Å². The number of rotatable bonds is 7. The van der Waals surface area contributed by atoms with E-state index in [1.807, 2.05) is 42.5 Å². The van der Waals surface area contributed by atoms with Crippen molar-refractivity contribution in [1.29, 1.82) is 0 Å². The van der Waals surface area contributed by atoms with Crippen LogP contribution in [0.1, 0.15) is 29.8 Å². The van der Waals surface area contributed by atoms with Crippen LogP contribution in [0.2, 0.25) is 0 Å². The predicted molar refractivity (Wildman–Crippen MR) is 129 cm³/mol. The van der Waals surface area contributed by atoms with E-state index in [0.29, 0.717) is 22.3 Å². The molecule has 4 aromatic rings. The molecule has 0 spiro atoms. The van der Waals surface area contributed by atoms with Gasteiger partial charge < -0.3 is 9.73 Å². The van der Waals surface area contributed by atoms with Gasteiger partial charge in [-0.3, -0.25) is 9.69 Å². The smallest absolute Gasteiger partial charge is 0.344 e. The first-order valence-electron chi connectivity index (χ1n) is 10.8. The van der Waals surface area contributed by atoms with Crippen molar-refractivity contribution in [1.82, 2.24) is 4.90 Å². The van der Waals surface area contributed by atoms with Crippen molar-refractivity contribution in [3.8, 4) is 11.1 Å². The van der Waals surface area contributed by atoms with Crippen LogP contribution in [-0.4, -0.2) is 23.9 Å². The maximum Gasteiger partial charge on any atom is 0.344 e. The molecule has 1 aromatic heterocycles. The quantitative estimate of drug-likeness (QED) is 0.393. The summed E-state index contributed by atoms with van der Waals surface area (Å²) in [6.07, 6.45) is 0. The van der Waals surface area contributed by atoms with Gasteiger partial charge in [-0.2, -0.15) is 0 Å².